The van der Waals surface area contributed by atoms with Crippen LogP contribution in [0.4, 0.5) is 17.1 Å². The van der Waals surface area contributed by atoms with E-state index in [1.54, 1.807) is 24.3 Å². The molecule has 0 aromatic heterocycles. The Balaban J connectivity index is 1.47. The fourth-order valence-electron chi connectivity index (χ4n) is 3.49. The highest BCUT2D eigenvalue weighted by Crippen LogP contribution is 2.37. The summed E-state index contributed by atoms with van der Waals surface area (Å²) in [5.41, 5.74) is 0.910. The summed E-state index contributed by atoms with van der Waals surface area (Å²) >= 11 is 5.99. The highest BCUT2D eigenvalue weighted by Gasteiger charge is 2.35. The number of rotatable bonds is 7. The number of methoxy groups -OCH3 is 1. The van der Waals surface area contributed by atoms with Crippen LogP contribution in [-0.2, 0) is 24.8 Å². The first-order chi connectivity index (χ1) is 17.0. The monoisotopic (exact) mass is 551 g/mol. The molecule has 13 heteroatoms. The van der Waals surface area contributed by atoms with E-state index in [0.717, 1.165) is 10.6 Å². The number of anilines is 3. The fraction of sp³-hybridized carbons (Fsp3) is 0.174. The van der Waals surface area contributed by atoms with Gasteiger partial charge in [0.25, 0.3) is 15.9 Å². The highest BCUT2D eigenvalue weighted by atomic mass is 35.5. The third-order valence-electron chi connectivity index (χ3n) is 5.26. The first kappa shape index (κ1) is 25.6. The maximum absolute atomic E-state index is 12.9. The molecule has 0 bridgehead atoms. The van der Waals surface area contributed by atoms with Gasteiger partial charge in [0.15, 0.2) is 6.10 Å². The summed E-state index contributed by atoms with van der Waals surface area (Å²) in [7, 11) is -6.07. The molecule has 4 rings (SSSR count). The van der Waals surface area contributed by atoms with Crippen LogP contribution in [0.5, 0.6) is 11.5 Å². The molecular formula is C23H22ClN3O7S2. The maximum Gasteiger partial charge on any atom is 0.267 e. The van der Waals surface area contributed by atoms with E-state index in [0.29, 0.717) is 22.1 Å². The van der Waals surface area contributed by atoms with Crippen molar-refractivity contribution in [3.8, 4) is 11.5 Å². The zero-order valence-corrected chi connectivity index (χ0v) is 21.5. The molecular weight excluding hydrogens is 530 g/mol. The number of nitrogens with zero attached hydrogens (tertiary/aromatic N) is 1. The van der Waals surface area contributed by atoms with Crippen LogP contribution < -0.4 is 23.8 Å². The molecule has 0 radical (unpaired) electrons. The van der Waals surface area contributed by atoms with Crippen LogP contribution in [0.15, 0.2) is 71.6 Å². The Morgan fingerprint density at radius 1 is 1.00 bits per heavy atom. The minimum absolute atomic E-state index is 0.0145. The number of carbonyl (C=O) groups excluding carboxylic acids is 1. The van der Waals surface area contributed by atoms with Crippen molar-refractivity contribution in [3.63, 3.8) is 0 Å². The van der Waals surface area contributed by atoms with Gasteiger partial charge < -0.3 is 14.8 Å². The molecule has 1 atom stereocenters. The lowest BCUT2D eigenvalue weighted by Crippen LogP contribution is -2.48. The van der Waals surface area contributed by atoms with Gasteiger partial charge in [0.05, 0.1) is 30.5 Å². The first-order valence-electron chi connectivity index (χ1n) is 10.5. The predicted molar refractivity (Wildman–Crippen MR) is 137 cm³/mol. The number of sulfonamides is 2. The number of hydrogen-bond acceptors (Lipinski definition) is 7. The van der Waals surface area contributed by atoms with Crippen molar-refractivity contribution >= 4 is 54.6 Å². The second kappa shape index (κ2) is 9.88. The van der Waals surface area contributed by atoms with E-state index in [-0.39, 0.29) is 22.9 Å². The van der Waals surface area contributed by atoms with E-state index in [2.05, 4.69) is 10.0 Å². The summed E-state index contributed by atoms with van der Waals surface area (Å²) in [5.74, 6) is 0.186. The lowest BCUT2D eigenvalue weighted by molar-refractivity contribution is -0.122. The Kier molecular flexibility index (Phi) is 7.03. The standard InChI is InChI=1S/C23H22ClN3O7S2/c1-33-18-8-4-17(5-9-18)26-36(31,32)19-10-6-16(7-11-19)25-23(28)22-14-27(35(2,29)30)20-13-15(24)3-12-21(20)34-22/h3-13,22,26H,14H2,1-2H3,(H,25,28)/t22-/m0/s1. The molecule has 36 heavy (non-hydrogen) atoms. The first-order valence-corrected chi connectivity index (χ1v) is 14.2. The number of carbonyl (C=O) groups is 1. The van der Waals surface area contributed by atoms with Crippen LogP contribution in [0.25, 0.3) is 0 Å². The van der Waals surface area contributed by atoms with Crippen molar-refractivity contribution in [1.82, 2.24) is 0 Å². The summed E-state index contributed by atoms with van der Waals surface area (Å²) in [4.78, 5) is 12.9. The van der Waals surface area contributed by atoms with Gasteiger partial charge in [-0.3, -0.25) is 13.8 Å². The van der Waals surface area contributed by atoms with Crippen LogP contribution in [0, 0.1) is 0 Å². The molecule has 0 fully saturated rings. The van der Waals surface area contributed by atoms with Crippen LogP contribution in [0.1, 0.15) is 0 Å². The van der Waals surface area contributed by atoms with E-state index in [9.17, 15) is 21.6 Å². The average molecular weight is 552 g/mol. The van der Waals surface area contributed by atoms with E-state index in [4.69, 9.17) is 21.1 Å². The molecule has 3 aromatic rings. The number of halogens is 1. The zero-order valence-electron chi connectivity index (χ0n) is 19.1. The molecule has 1 aliphatic heterocycles. The Labute approximate surface area is 213 Å². The molecule has 1 aliphatic rings. The van der Waals surface area contributed by atoms with Gasteiger partial charge in [-0.25, -0.2) is 16.8 Å². The second-order valence-corrected chi connectivity index (χ2v) is 11.9. The van der Waals surface area contributed by atoms with Crippen LogP contribution in [-0.4, -0.2) is 48.8 Å². The summed E-state index contributed by atoms with van der Waals surface area (Å²) in [6.07, 6.45) is -0.120. The van der Waals surface area contributed by atoms with Gasteiger partial charge in [-0.2, -0.15) is 0 Å². The molecule has 0 spiro atoms. The number of fused-ring (bicyclic) bond motifs is 1. The molecule has 0 saturated heterocycles. The number of nitrogens with one attached hydrogen (secondary N) is 2. The summed E-state index contributed by atoms with van der Waals surface area (Å²) in [6.45, 7) is -0.254. The Bertz CT molecular complexity index is 1490. The van der Waals surface area contributed by atoms with Crippen LogP contribution in [0.2, 0.25) is 5.02 Å². The lowest BCUT2D eigenvalue weighted by atomic mass is 10.2. The van der Waals surface area contributed by atoms with Gasteiger partial charge >= 0.3 is 0 Å². The molecule has 0 saturated carbocycles. The highest BCUT2D eigenvalue weighted by molar-refractivity contribution is 7.92. The van der Waals surface area contributed by atoms with Gasteiger partial charge in [0.2, 0.25) is 10.0 Å². The van der Waals surface area contributed by atoms with E-state index in [1.165, 1.54) is 49.6 Å². The normalized spacial score (nSPS) is 15.4. The average Bonchev–Trinajstić information content (AvgIpc) is 2.83. The quantitative estimate of drug-likeness (QED) is 0.460. The minimum Gasteiger partial charge on any atom is -0.497 e. The van der Waals surface area contributed by atoms with Gasteiger partial charge in [-0.15, -0.1) is 0 Å². The molecule has 0 unspecified atom stereocenters. The van der Waals surface area contributed by atoms with Gasteiger partial charge in [-0.1, -0.05) is 11.6 Å². The van der Waals surface area contributed by atoms with Gasteiger partial charge in [0.1, 0.15) is 11.5 Å². The molecule has 3 aromatic carbocycles. The SMILES string of the molecule is COc1ccc(NS(=O)(=O)c2ccc(NC(=O)[C@@H]3CN(S(C)(=O)=O)c4cc(Cl)ccc4O3)cc2)cc1. The number of hydrogen-bond donors (Lipinski definition) is 2. The molecule has 1 amide bonds. The number of amides is 1. The fourth-order valence-corrected chi connectivity index (χ4v) is 5.62. The summed E-state index contributed by atoms with van der Waals surface area (Å²) < 4.78 is 64.3. The van der Waals surface area contributed by atoms with Crippen molar-refractivity contribution in [2.45, 2.75) is 11.0 Å². The molecule has 0 aliphatic carbocycles. The lowest BCUT2D eigenvalue weighted by Gasteiger charge is -2.34. The van der Waals surface area contributed by atoms with Crippen LogP contribution >= 0.6 is 11.6 Å². The molecule has 1 heterocycles. The Morgan fingerprint density at radius 2 is 1.64 bits per heavy atom. The molecule has 2 N–H and O–H groups in total. The smallest absolute Gasteiger partial charge is 0.267 e. The Hall–Kier alpha value is -3.48. The summed E-state index contributed by atoms with van der Waals surface area (Å²) in [6, 6.07) is 16.4. The van der Waals surface area contributed by atoms with Crippen molar-refractivity contribution in [1.29, 1.82) is 0 Å². The van der Waals surface area contributed by atoms with Gasteiger partial charge in [-0.05, 0) is 66.7 Å². The minimum atomic E-state index is -3.87. The predicted octanol–water partition coefficient (Wildman–Crippen LogP) is 3.32. The van der Waals surface area contributed by atoms with E-state index in [1.807, 2.05) is 0 Å². The Morgan fingerprint density at radius 3 is 2.25 bits per heavy atom. The largest absolute Gasteiger partial charge is 0.497 e. The second-order valence-electron chi connectivity index (χ2n) is 7.86. The van der Waals surface area contributed by atoms with Crippen molar-refractivity contribution in [3.05, 3.63) is 71.8 Å². The van der Waals surface area contributed by atoms with Crippen LogP contribution in [0.3, 0.4) is 0 Å². The third-order valence-corrected chi connectivity index (χ3v) is 8.04. The van der Waals surface area contributed by atoms with Crippen molar-refractivity contribution < 1.29 is 31.1 Å². The van der Waals surface area contributed by atoms with Crippen molar-refractivity contribution in [2.75, 3.05) is 34.3 Å². The van der Waals surface area contributed by atoms with Gasteiger partial charge in [0, 0.05) is 16.4 Å². The van der Waals surface area contributed by atoms with E-state index < -0.39 is 32.1 Å². The summed E-state index contributed by atoms with van der Waals surface area (Å²) in [5, 5.41) is 2.95. The van der Waals surface area contributed by atoms with Crippen molar-refractivity contribution in [2.24, 2.45) is 0 Å². The molecule has 10 nitrogen and oxygen atoms in total. The number of benzene rings is 3. The third kappa shape index (κ3) is 5.66. The molecule has 190 valence electrons. The number of ether oxygens (including phenoxy) is 2. The van der Waals surface area contributed by atoms with E-state index >= 15 is 0 Å². The topological polar surface area (TPSA) is 131 Å². The maximum atomic E-state index is 12.9. The zero-order chi connectivity index (χ0) is 26.1.